The molecular weight excluding hydrogens is 350 g/mol. The van der Waals surface area contributed by atoms with Crippen molar-refractivity contribution in [3.63, 3.8) is 0 Å². The van der Waals surface area contributed by atoms with Gasteiger partial charge in [-0.3, -0.25) is 0 Å². The van der Waals surface area contributed by atoms with Crippen molar-refractivity contribution in [2.24, 2.45) is 3.50 Å². The predicted octanol–water partition coefficient (Wildman–Crippen LogP) is 6.36. The standard InChI is InChI=1S/C10H13.C8H9N.2CH3.Mo/c1-10(2,3)9-7-5-4-6-8-9;1-6-4-3-5-7(2)8(6)9;;;/h4-8H,1H2,2-3H3;3-5H,1-2H3;2*1H3;/q-1;;2*-1;. The molecule has 22 heavy (non-hydrogen) atoms. The number of benzene rings is 2. The van der Waals surface area contributed by atoms with Gasteiger partial charge in [-0.15, -0.1) is 5.41 Å². The Hall–Kier alpha value is -1.07. The van der Waals surface area contributed by atoms with Gasteiger partial charge in [-0.2, -0.15) is 0 Å². The number of nitrogens with zero attached hydrogens (tertiary/aromatic N) is 1. The Labute approximate surface area is 148 Å². The van der Waals surface area contributed by atoms with Gasteiger partial charge in [0, 0.05) is 0 Å². The summed E-state index contributed by atoms with van der Waals surface area (Å²) < 4.78 is 4.18. The second kappa shape index (κ2) is 10.6. The Bertz CT molecular complexity index is 533. The van der Waals surface area contributed by atoms with Gasteiger partial charge < -0.3 is 21.8 Å². The largest absolute Gasteiger partial charge is 0.358 e. The normalized spacial score (nSPS) is 9.50. The van der Waals surface area contributed by atoms with Crippen LogP contribution in [0.3, 0.4) is 0 Å². The Morgan fingerprint density at radius 1 is 0.864 bits per heavy atom. The monoisotopic (exact) mass is 380 g/mol. The van der Waals surface area contributed by atoms with E-state index < -0.39 is 0 Å². The summed E-state index contributed by atoms with van der Waals surface area (Å²) in [6.45, 7) is 12.4. The van der Waals surface area contributed by atoms with Gasteiger partial charge in [0.25, 0.3) is 0 Å². The van der Waals surface area contributed by atoms with Crippen molar-refractivity contribution in [3.05, 3.63) is 87.0 Å². The molecule has 2 heteroatoms. The van der Waals surface area contributed by atoms with Crippen LogP contribution in [0.5, 0.6) is 0 Å². The molecule has 0 aliphatic rings. The van der Waals surface area contributed by atoms with Crippen LogP contribution in [0.1, 0.15) is 30.5 Å². The smallest absolute Gasteiger partial charge is 0.0611 e. The Balaban J connectivity index is 0. The van der Waals surface area contributed by atoms with Gasteiger partial charge in [0.15, 0.2) is 0 Å². The van der Waals surface area contributed by atoms with Crippen LogP contribution in [0, 0.1) is 35.6 Å². The summed E-state index contributed by atoms with van der Waals surface area (Å²) in [5.74, 6) is 0. The summed E-state index contributed by atoms with van der Waals surface area (Å²) >= 11 is 1.76. The second-order valence-corrected chi connectivity index (χ2v) is 6.03. The minimum Gasteiger partial charge on any atom is -0.358 e. The topological polar surface area (TPSA) is 12.4 Å². The fourth-order valence-corrected chi connectivity index (χ4v) is 2.55. The molecule has 2 aromatic rings. The van der Waals surface area contributed by atoms with E-state index in [0.717, 1.165) is 5.69 Å². The van der Waals surface area contributed by atoms with Crippen molar-refractivity contribution in [1.29, 1.82) is 0 Å². The van der Waals surface area contributed by atoms with Crippen molar-refractivity contribution in [3.8, 4) is 0 Å². The molecule has 0 fully saturated rings. The summed E-state index contributed by atoms with van der Waals surface area (Å²) in [5, 5.41) is 0. The Morgan fingerprint density at radius 2 is 1.32 bits per heavy atom. The molecule has 0 spiro atoms. The molecular formula is C20H28MoN-3. The van der Waals surface area contributed by atoms with Crippen LogP contribution in [-0.4, -0.2) is 0 Å². The quantitative estimate of drug-likeness (QED) is 0.426. The van der Waals surface area contributed by atoms with E-state index in [1.807, 2.05) is 18.2 Å². The van der Waals surface area contributed by atoms with Crippen LogP contribution in [0.25, 0.3) is 0 Å². The first-order valence-corrected chi connectivity index (χ1v) is 7.56. The zero-order valence-electron chi connectivity index (χ0n) is 14.7. The van der Waals surface area contributed by atoms with E-state index in [0.29, 0.717) is 0 Å². The average molecular weight is 378 g/mol. The van der Waals surface area contributed by atoms with Crippen LogP contribution in [0.15, 0.2) is 52.0 Å². The van der Waals surface area contributed by atoms with Gasteiger partial charge >= 0.3 is 72.0 Å². The van der Waals surface area contributed by atoms with Crippen LogP contribution >= 0.6 is 0 Å². The van der Waals surface area contributed by atoms with E-state index in [1.165, 1.54) is 16.7 Å². The maximum absolute atomic E-state index is 4.18. The first kappa shape index (κ1) is 23.2. The van der Waals surface area contributed by atoms with Crippen molar-refractivity contribution in [2.45, 2.75) is 33.1 Å². The van der Waals surface area contributed by atoms with Crippen molar-refractivity contribution in [1.82, 2.24) is 0 Å². The maximum atomic E-state index is 4.18. The van der Waals surface area contributed by atoms with E-state index in [9.17, 15) is 0 Å². The van der Waals surface area contributed by atoms with E-state index in [4.69, 9.17) is 0 Å². The van der Waals surface area contributed by atoms with Gasteiger partial charge in [-0.1, -0.05) is 49.7 Å². The molecule has 0 aromatic heterocycles. The van der Waals surface area contributed by atoms with E-state index >= 15 is 0 Å². The molecule has 0 saturated heterocycles. The minimum absolute atomic E-state index is 0. The minimum atomic E-state index is 0. The molecule has 0 atom stereocenters. The molecule has 0 saturated carbocycles. The van der Waals surface area contributed by atoms with Crippen molar-refractivity contribution >= 4 is 5.69 Å². The number of aryl methyl sites for hydroxylation is 2. The summed E-state index contributed by atoms with van der Waals surface area (Å²) in [6, 6.07) is 16.5. The summed E-state index contributed by atoms with van der Waals surface area (Å²) in [7, 11) is 0. The zero-order valence-corrected chi connectivity index (χ0v) is 16.7. The summed E-state index contributed by atoms with van der Waals surface area (Å²) in [4.78, 5) is 0. The molecule has 0 bridgehead atoms. The van der Waals surface area contributed by atoms with E-state index in [-0.39, 0.29) is 20.3 Å². The Kier molecular flexibility index (Phi) is 11.2. The van der Waals surface area contributed by atoms with Crippen LogP contribution in [-0.2, 0) is 25.0 Å². The van der Waals surface area contributed by atoms with E-state index in [1.54, 1.807) is 19.6 Å². The number of hydrogen-bond donors (Lipinski definition) is 0. The second-order valence-electron chi connectivity index (χ2n) is 5.58. The third kappa shape index (κ3) is 7.27. The van der Waals surface area contributed by atoms with Crippen LogP contribution in [0.2, 0.25) is 0 Å². The molecule has 1 nitrogen and oxygen atoms in total. The first-order valence-electron chi connectivity index (χ1n) is 6.66. The molecule has 2 rings (SSSR count). The molecule has 122 valence electrons. The van der Waals surface area contributed by atoms with Gasteiger partial charge in [-0.25, -0.2) is 0 Å². The van der Waals surface area contributed by atoms with Gasteiger partial charge in [0.05, 0.1) is 0 Å². The van der Waals surface area contributed by atoms with Crippen molar-refractivity contribution in [2.75, 3.05) is 0 Å². The molecule has 0 aliphatic heterocycles. The predicted molar refractivity (Wildman–Crippen MR) is 95.7 cm³/mol. The fraction of sp³-hybridized carbons (Fsp3) is 0.250. The number of rotatable bonds is 2. The fourth-order valence-electron chi connectivity index (χ4n) is 1.84. The molecule has 0 aliphatic carbocycles. The van der Waals surface area contributed by atoms with Gasteiger partial charge in [0.1, 0.15) is 0 Å². The first-order chi connectivity index (χ1) is 9.36. The van der Waals surface area contributed by atoms with Crippen LogP contribution in [0.4, 0.5) is 5.69 Å². The molecule has 0 unspecified atom stereocenters. The van der Waals surface area contributed by atoms with Crippen molar-refractivity contribution < 1.29 is 19.6 Å². The molecule has 0 radical (unpaired) electrons. The van der Waals surface area contributed by atoms with Crippen LogP contribution < -0.4 is 0 Å². The maximum Gasteiger partial charge on any atom is -0.0611 e. The van der Waals surface area contributed by atoms with Gasteiger partial charge in [-0.05, 0) is 0 Å². The summed E-state index contributed by atoms with van der Waals surface area (Å²) in [6.07, 6.45) is 0. The molecule has 0 heterocycles. The number of hydrogen-bond acceptors (Lipinski definition) is 1. The summed E-state index contributed by atoms with van der Waals surface area (Å²) in [5.41, 5.74) is 4.97. The molecule has 0 amide bonds. The molecule has 0 N–H and O–H groups in total. The van der Waals surface area contributed by atoms with E-state index in [2.05, 4.69) is 68.4 Å². The Morgan fingerprint density at radius 3 is 1.59 bits per heavy atom. The SMILES string of the molecule is Cc1cccc(C)c1[N]=[Mo].[CH2-]C(C)(C)c1ccccc1.[CH3-].[CH3-]. The third-order valence-electron chi connectivity index (χ3n) is 3.09. The average Bonchev–Trinajstić information content (AvgIpc) is 2.40. The van der Waals surface area contributed by atoms with Gasteiger partial charge in [0.2, 0.25) is 0 Å². The molecule has 2 aromatic carbocycles. The zero-order chi connectivity index (χ0) is 15.2. The third-order valence-corrected chi connectivity index (χ3v) is 3.53.